The van der Waals surface area contributed by atoms with Crippen LogP contribution in [0.3, 0.4) is 0 Å². The average molecular weight is 304 g/mol. The topological polar surface area (TPSA) is 21.3 Å². The van der Waals surface area contributed by atoms with Crippen molar-refractivity contribution in [3.8, 4) is 11.5 Å². The number of ether oxygens (including phenoxy) is 1. The maximum absolute atomic E-state index is 6.05. The maximum atomic E-state index is 6.05. The largest absolute Gasteiger partial charge is 0.457 e. The third-order valence-corrected chi connectivity index (χ3v) is 3.62. The molecule has 0 spiro atoms. The molecule has 0 aromatic heterocycles. The first-order valence-corrected chi connectivity index (χ1v) is 7.66. The number of nitrogens with one attached hydrogen (secondary N) is 1. The molecule has 2 aromatic carbocycles. The van der Waals surface area contributed by atoms with Gasteiger partial charge in [-0.1, -0.05) is 43.6 Å². The van der Waals surface area contributed by atoms with Gasteiger partial charge in [0.1, 0.15) is 11.5 Å². The van der Waals surface area contributed by atoms with Crippen LogP contribution in [0.25, 0.3) is 0 Å². The van der Waals surface area contributed by atoms with E-state index in [0.717, 1.165) is 40.7 Å². The minimum atomic E-state index is 0.636. The van der Waals surface area contributed by atoms with Crippen LogP contribution in [0, 0.1) is 12.8 Å². The Morgan fingerprint density at radius 3 is 2.62 bits per heavy atom. The zero-order valence-corrected chi connectivity index (χ0v) is 13.6. The molecule has 1 N–H and O–H groups in total. The number of halogens is 1. The van der Waals surface area contributed by atoms with Crippen molar-refractivity contribution in [1.82, 2.24) is 5.32 Å². The van der Waals surface area contributed by atoms with Crippen LogP contribution in [0.1, 0.15) is 25.0 Å². The SMILES string of the molecule is Cc1cc(Oc2ccccc2CNCC(C)C)ccc1Cl. The smallest absolute Gasteiger partial charge is 0.131 e. The number of hydrogen-bond acceptors (Lipinski definition) is 2. The number of rotatable bonds is 6. The molecule has 0 atom stereocenters. The van der Waals surface area contributed by atoms with Gasteiger partial charge in [-0.3, -0.25) is 0 Å². The molecule has 0 fully saturated rings. The molecule has 3 heteroatoms. The van der Waals surface area contributed by atoms with Gasteiger partial charge in [-0.25, -0.2) is 0 Å². The van der Waals surface area contributed by atoms with E-state index in [1.54, 1.807) is 0 Å². The minimum absolute atomic E-state index is 0.636. The molecule has 0 aliphatic carbocycles. The van der Waals surface area contributed by atoms with Gasteiger partial charge in [0.2, 0.25) is 0 Å². The zero-order valence-electron chi connectivity index (χ0n) is 12.8. The Hall–Kier alpha value is -1.51. The van der Waals surface area contributed by atoms with E-state index < -0.39 is 0 Å². The van der Waals surface area contributed by atoms with E-state index in [9.17, 15) is 0 Å². The highest BCUT2D eigenvalue weighted by molar-refractivity contribution is 6.31. The summed E-state index contributed by atoms with van der Waals surface area (Å²) < 4.78 is 6.00. The lowest BCUT2D eigenvalue weighted by Gasteiger charge is -2.13. The molecule has 0 unspecified atom stereocenters. The monoisotopic (exact) mass is 303 g/mol. The van der Waals surface area contributed by atoms with Gasteiger partial charge in [-0.05, 0) is 49.2 Å². The van der Waals surface area contributed by atoms with Crippen LogP contribution in [0.2, 0.25) is 5.02 Å². The molecule has 0 bridgehead atoms. The van der Waals surface area contributed by atoms with E-state index in [1.165, 1.54) is 0 Å². The Kier molecular flexibility index (Phi) is 5.66. The molecule has 0 saturated carbocycles. The Morgan fingerprint density at radius 1 is 1.14 bits per heavy atom. The summed E-state index contributed by atoms with van der Waals surface area (Å²) in [5.41, 5.74) is 2.18. The lowest BCUT2D eigenvalue weighted by atomic mass is 10.1. The van der Waals surface area contributed by atoms with Crippen molar-refractivity contribution < 1.29 is 4.74 Å². The molecule has 0 saturated heterocycles. The second-order valence-electron chi connectivity index (χ2n) is 5.65. The van der Waals surface area contributed by atoms with E-state index in [0.29, 0.717) is 5.92 Å². The molecule has 21 heavy (non-hydrogen) atoms. The van der Waals surface area contributed by atoms with Gasteiger partial charge in [0.15, 0.2) is 0 Å². The first-order valence-electron chi connectivity index (χ1n) is 7.29. The van der Waals surface area contributed by atoms with Crippen molar-refractivity contribution in [2.24, 2.45) is 5.92 Å². The van der Waals surface area contributed by atoms with Crippen molar-refractivity contribution in [3.05, 3.63) is 58.6 Å². The van der Waals surface area contributed by atoms with Gasteiger partial charge in [-0.15, -0.1) is 0 Å². The number of benzene rings is 2. The molecule has 2 aromatic rings. The second kappa shape index (κ2) is 7.48. The summed E-state index contributed by atoms with van der Waals surface area (Å²) in [7, 11) is 0. The van der Waals surface area contributed by atoms with E-state index in [-0.39, 0.29) is 0 Å². The van der Waals surface area contributed by atoms with E-state index in [2.05, 4.69) is 25.2 Å². The third-order valence-electron chi connectivity index (χ3n) is 3.20. The maximum Gasteiger partial charge on any atom is 0.131 e. The summed E-state index contributed by atoms with van der Waals surface area (Å²) >= 11 is 6.05. The lowest BCUT2D eigenvalue weighted by molar-refractivity contribution is 0.469. The van der Waals surface area contributed by atoms with Crippen molar-refractivity contribution in [1.29, 1.82) is 0 Å². The Bertz CT molecular complexity index is 596. The third kappa shape index (κ3) is 4.76. The van der Waals surface area contributed by atoms with Crippen LogP contribution in [-0.4, -0.2) is 6.54 Å². The lowest BCUT2D eigenvalue weighted by Crippen LogP contribution is -2.19. The number of para-hydroxylation sites is 1. The Balaban J connectivity index is 2.10. The van der Waals surface area contributed by atoms with Gasteiger partial charge in [-0.2, -0.15) is 0 Å². The summed E-state index contributed by atoms with van der Waals surface area (Å²) in [6.45, 7) is 8.18. The van der Waals surface area contributed by atoms with Crippen LogP contribution >= 0.6 is 11.6 Å². The summed E-state index contributed by atoms with van der Waals surface area (Å²) in [5.74, 6) is 2.33. The summed E-state index contributed by atoms with van der Waals surface area (Å²) in [4.78, 5) is 0. The van der Waals surface area contributed by atoms with Crippen LogP contribution in [0.4, 0.5) is 0 Å². The second-order valence-corrected chi connectivity index (χ2v) is 6.05. The number of hydrogen-bond donors (Lipinski definition) is 1. The summed E-state index contributed by atoms with van der Waals surface area (Å²) in [6.07, 6.45) is 0. The van der Waals surface area contributed by atoms with Gasteiger partial charge in [0, 0.05) is 17.1 Å². The standard InChI is InChI=1S/C18H22ClNO/c1-13(2)11-20-12-15-6-4-5-7-18(15)21-16-8-9-17(19)14(3)10-16/h4-10,13,20H,11-12H2,1-3H3. The molecular formula is C18H22ClNO. The fourth-order valence-electron chi connectivity index (χ4n) is 2.05. The normalized spacial score (nSPS) is 10.9. The quantitative estimate of drug-likeness (QED) is 0.793. The van der Waals surface area contributed by atoms with Crippen molar-refractivity contribution in [2.45, 2.75) is 27.3 Å². The highest BCUT2D eigenvalue weighted by Gasteiger charge is 2.06. The van der Waals surface area contributed by atoms with E-state index in [1.807, 2.05) is 43.3 Å². The fourth-order valence-corrected chi connectivity index (χ4v) is 2.17. The predicted molar refractivity (Wildman–Crippen MR) is 89.2 cm³/mol. The van der Waals surface area contributed by atoms with Crippen LogP contribution < -0.4 is 10.1 Å². The molecule has 2 rings (SSSR count). The van der Waals surface area contributed by atoms with Crippen molar-refractivity contribution in [2.75, 3.05) is 6.54 Å². The van der Waals surface area contributed by atoms with Gasteiger partial charge >= 0.3 is 0 Å². The fraction of sp³-hybridized carbons (Fsp3) is 0.333. The van der Waals surface area contributed by atoms with Crippen LogP contribution in [0.15, 0.2) is 42.5 Å². The molecular weight excluding hydrogens is 282 g/mol. The molecule has 0 heterocycles. The molecule has 0 aliphatic rings. The predicted octanol–water partition coefficient (Wildman–Crippen LogP) is 5.19. The highest BCUT2D eigenvalue weighted by atomic mass is 35.5. The summed E-state index contributed by atoms with van der Waals surface area (Å²) in [6, 6.07) is 13.8. The molecule has 0 radical (unpaired) electrons. The average Bonchev–Trinajstić information content (AvgIpc) is 2.44. The van der Waals surface area contributed by atoms with E-state index >= 15 is 0 Å². The van der Waals surface area contributed by atoms with Gasteiger partial charge < -0.3 is 10.1 Å². The highest BCUT2D eigenvalue weighted by Crippen LogP contribution is 2.28. The molecule has 112 valence electrons. The first kappa shape index (κ1) is 15.9. The molecule has 0 aliphatic heterocycles. The van der Waals surface area contributed by atoms with E-state index in [4.69, 9.17) is 16.3 Å². The Labute approximate surface area is 132 Å². The number of aryl methyl sites for hydroxylation is 1. The minimum Gasteiger partial charge on any atom is -0.457 e. The van der Waals surface area contributed by atoms with Crippen molar-refractivity contribution in [3.63, 3.8) is 0 Å². The zero-order chi connectivity index (χ0) is 15.2. The molecule has 2 nitrogen and oxygen atoms in total. The van der Waals surface area contributed by atoms with Crippen LogP contribution in [0.5, 0.6) is 11.5 Å². The first-order chi connectivity index (χ1) is 10.1. The summed E-state index contributed by atoms with van der Waals surface area (Å²) in [5, 5.41) is 4.21. The van der Waals surface area contributed by atoms with Crippen LogP contribution in [-0.2, 0) is 6.54 Å². The molecule has 0 amide bonds. The van der Waals surface area contributed by atoms with Gasteiger partial charge in [0.25, 0.3) is 0 Å². The Morgan fingerprint density at radius 2 is 1.90 bits per heavy atom. The van der Waals surface area contributed by atoms with Crippen molar-refractivity contribution >= 4 is 11.6 Å². The van der Waals surface area contributed by atoms with Gasteiger partial charge in [0.05, 0.1) is 0 Å².